The first-order valence-electron chi connectivity index (χ1n) is 6.01. The number of likely N-dealkylation sites (N-methyl/N-ethyl adjacent to an activating group) is 1. The quantitative estimate of drug-likeness (QED) is 0.601. The molecule has 2 rings (SSSR count). The summed E-state index contributed by atoms with van der Waals surface area (Å²) in [5.41, 5.74) is -1.15. The normalized spacial score (nSPS) is 30.1. The fourth-order valence-electron chi connectivity index (χ4n) is 2.30. The smallest absolute Gasteiger partial charge is 0.330 e. The number of rotatable bonds is 3. The van der Waals surface area contributed by atoms with Crippen molar-refractivity contribution in [2.75, 3.05) is 13.7 Å². The summed E-state index contributed by atoms with van der Waals surface area (Å²) in [6, 6.07) is -1.11. The van der Waals surface area contributed by atoms with Crippen molar-refractivity contribution in [1.29, 1.82) is 0 Å². The van der Waals surface area contributed by atoms with Gasteiger partial charge in [-0.15, -0.1) is 0 Å². The number of hydrogen-bond donors (Lipinski definition) is 3. The monoisotopic (exact) mass is 289 g/mol. The van der Waals surface area contributed by atoms with Crippen LogP contribution in [0.25, 0.3) is 0 Å². The molecule has 1 aliphatic heterocycles. The number of aromatic amines is 1. The molecule has 1 fully saturated rings. The van der Waals surface area contributed by atoms with Crippen molar-refractivity contribution in [2.24, 2.45) is 0 Å². The summed E-state index contributed by atoms with van der Waals surface area (Å²) in [5.74, 6) is 0. The van der Waals surface area contributed by atoms with Crippen LogP contribution in [0.5, 0.6) is 0 Å². The van der Waals surface area contributed by atoms with Gasteiger partial charge in [-0.25, -0.2) is 9.18 Å². The van der Waals surface area contributed by atoms with E-state index in [4.69, 9.17) is 9.84 Å². The Hall–Kier alpha value is -1.55. The SMILES string of the molecule is Cc1cn(C2OC(CO)C(N(C)O)C2F)c(=O)[nH]c1=O. The van der Waals surface area contributed by atoms with E-state index in [0.717, 1.165) is 4.57 Å². The molecular weight excluding hydrogens is 273 g/mol. The summed E-state index contributed by atoms with van der Waals surface area (Å²) in [7, 11) is 1.23. The van der Waals surface area contributed by atoms with Crippen molar-refractivity contribution < 1.29 is 19.4 Å². The van der Waals surface area contributed by atoms with E-state index < -0.39 is 42.4 Å². The molecule has 8 nitrogen and oxygen atoms in total. The maximum absolute atomic E-state index is 14.3. The Labute approximate surface area is 113 Å². The molecule has 20 heavy (non-hydrogen) atoms. The Bertz CT molecular complexity index is 598. The number of H-pyrrole nitrogens is 1. The Balaban J connectivity index is 2.42. The van der Waals surface area contributed by atoms with Crippen molar-refractivity contribution in [1.82, 2.24) is 14.6 Å². The van der Waals surface area contributed by atoms with Crippen LogP contribution < -0.4 is 11.2 Å². The van der Waals surface area contributed by atoms with Crippen molar-refractivity contribution in [3.05, 3.63) is 32.6 Å². The third-order valence-electron chi connectivity index (χ3n) is 3.33. The molecule has 0 aromatic carbocycles. The molecule has 0 radical (unpaired) electrons. The molecule has 0 bridgehead atoms. The van der Waals surface area contributed by atoms with Gasteiger partial charge in [0.25, 0.3) is 5.56 Å². The van der Waals surface area contributed by atoms with Crippen LogP contribution in [-0.2, 0) is 4.74 Å². The Morgan fingerprint density at radius 2 is 2.20 bits per heavy atom. The largest absolute Gasteiger partial charge is 0.394 e. The number of halogens is 1. The van der Waals surface area contributed by atoms with Gasteiger partial charge in [-0.1, -0.05) is 0 Å². The Kier molecular flexibility index (Phi) is 4.04. The molecule has 1 saturated heterocycles. The van der Waals surface area contributed by atoms with Gasteiger partial charge in [-0.2, -0.15) is 5.06 Å². The average molecular weight is 289 g/mol. The number of aliphatic hydroxyl groups excluding tert-OH is 1. The third-order valence-corrected chi connectivity index (χ3v) is 3.33. The van der Waals surface area contributed by atoms with Crippen molar-refractivity contribution in [2.45, 2.75) is 31.5 Å². The molecule has 112 valence electrons. The standard InChI is InChI=1S/C11H16FN3O5/c1-5-3-15(11(18)13-9(5)17)10-7(12)8(14(2)19)6(4-16)20-10/h3,6-8,10,16,19H,4H2,1-2H3,(H,13,17,18). The van der Waals surface area contributed by atoms with E-state index >= 15 is 0 Å². The minimum atomic E-state index is -1.75. The number of alkyl halides is 1. The predicted molar refractivity (Wildman–Crippen MR) is 65.3 cm³/mol. The number of aliphatic hydroxyl groups is 1. The van der Waals surface area contributed by atoms with Crippen LogP contribution in [0.2, 0.25) is 0 Å². The van der Waals surface area contributed by atoms with Crippen molar-refractivity contribution in [3.8, 4) is 0 Å². The Morgan fingerprint density at radius 1 is 1.55 bits per heavy atom. The first-order chi connectivity index (χ1) is 9.36. The summed E-state index contributed by atoms with van der Waals surface area (Å²) in [6.07, 6.45) is -2.86. The predicted octanol–water partition coefficient (Wildman–Crippen LogP) is -1.24. The lowest BCUT2D eigenvalue weighted by Crippen LogP contribution is -2.44. The second-order valence-electron chi connectivity index (χ2n) is 4.74. The summed E-state index contributed by atoms with van der Waals surface area (Å²) >= 11 is 0. The lowest BCUT2D eigenvalue weighted by atomic mass is 10.1. The second-order valence-corrected chi connectivity index (χ2v) is 4.74. The van der Waals surface area contributed by atoms with E-state index in [9.17, 15) is 19.2 Å². The summed E-state index contributed by atoms with van der Waals surface area (Å²) in [4.78, 5) is 25.1. The van der Waals surface area contributed by atoms with Crippen molar-refractivity contribution in [3.63, 3.8) is 0 Å². The lowest BCUT2D eigenvalue weighted by molar-refractivity contribution is -0.134. The number of aryl methyl sites for hydroxylation is 1. The zero-order valence-electron chi connectivity index (χ0n) is 11.0. The molecule has 0 amide bonds. The molecular formula is C11H16FN3O5. The number of hydroxylamine groups is 2. The van der Waals surface area contributed by atoms with Gasteiger partial charge in [0.1, 0.15) is 6.10 Å². The maximum Gasteiger partial charge on any atom is 0.330 e. The van der Waals surface area contributed by atoms with Gasteiger partial charge >= 0.3 is 5.69 Å². The van der Waals surface area contributed by atoms with E-state index in [2.05, 4.69) is 0 Å². The van der Waals surface area contributed by atoms with Gasteiger partial charge < -0.3 is 15.1 Å². The van der Waals surface area contributed by atoms with E-state index in [1.807, 2.05) is 4.98 Å². The first kappa shape index (κ1) is 14.9. The van der Waals surface area contributed by atoms with Crippen LogP contribution in [0.3, 0.4) is 0 Å². The first-order valence-corrected chi connectivity index (χ1v) is 6.01. The zero-order valence-corrected chi connectivity index (χ0v) is 11.0. The van der Waals surface area contributed by atoms with Gasteiger partial charge in [0.05, 0.1) is 12.6 Å². The van der Waals surface area contributed by atoms with Crippen molar-refractivity contribution >= 4 is 0 Å². The molecule has 1 aromatic heterocycles. The lowest BCUT2D eigenvalue weighted by Gasteiger charge is -2.22. The van der Waals surface area contributed by atoms with Gasteiger partial charge in [-0.05, 0) is 6.92 Å². The van der Waals surface area contributed by atoms with E-state index in [1.165, 1.54) is 20.2 Å². The number of nitrogens with zero attached hydrogens (tertiary/aromatic N) is 2. The highest BCUT2D eigenvalue weighted by Gasteiger charge is 2.48. The number of aromatic nitrogens is 2. The highest BCUT2D eigenvalue weighted by molar-refractivity contribution is 5.03. The molecule has 2 heterocycles. The minimum absolute atomic E-state index is 0.224. The molecule has 3 N–H and O–H groups in total. The molecule has 1 aromatic rings. The minimum Gasteiger partial charge on any atom is -0.394 e. The molecule has 9 heteroatoms. The molecule has 0 saturated carbocycles. The van der Waals surface area contributed by atoms with Crippen LogP contribution in [0, 0.1) is 6.92 Å². The van der Waals surface area contributed by atoms with Crippen LogP contribution >= 0.6 is 0 Å². The number of ether oxygens (including phenoxy) is 1. The number of nitrogens with one attached hydrogen (secondary N) is 1. The molecule has 1 aliphatic rings. The van der Waals surface area contributed by atoms with Gasteiger partial charge in [0, 0.05) is 18.8 Å². The molecule has 4 unspecified atom stereocenters. The van der Waals surface area contributed by atoms with E-state index in [1.54, 1.807) is 0 Å². The summed E-state index contributed by atoms with van der Waals surface area (Å²) in [5, 5.41) is 19.2. The highest BCUT2D eigenvalue weighted by Crippen LogP contribution is 2.32. The van der Waals surface area contributed by atoms with Gasteiger partial charge in [-0.3, -0.25) is 14.3 Å². The summed E-state index contributed by atoms with van der Waals surface area (Å²) in [6.45, 7) is 0.958. The summed E-state index contributed by atoms with van der Waals surface area (Å²) < 4.78 is 20.5. The van der Waals surface area contributed by atoms with Crippen LogP contribution in [0.15, 0.2) is 15.8 Å². The molecule has 0 spiro atoms. The average Bonchev–Trinajstić information content (AvgIpc) is 2.71. The van der Waals surface area contributed by atoms with Crippen LogP contribution in [0.1, 0.15) is 11.8 Å². The second kappa shape index (κ2) is 5.44. The maximum atomic E-state index is 14.3. The van der Waals surface area contributed by atoms with Gasteiger partial charge in [0.15, 0.2) is 12.4 Å². The number of hydrogen-bond acceptors (Lipinski definition) is 6. The van der Waals surface area contributed by atoms with E-state index in [-0.39, 0.29) is 5.56 Å². The molecule has 4 atom stereocenters. The third kappa shape index (κ3) is 2.40. The topological polar surface area (TPSA) is 108 Å². The highest BCUT2D eigenvalue weighted by atomic mass is 19.1. The van der Waals surface area contributed by atoms with Crippen LogP contribution in [-0.4, -0.2) is 56.9 Å². The fraction of sp³-hybridized carbons (Fsp3) is 0.636. The molecule has 0 aliphatic carbocycles. The zero-order chi connectivity index (χ0) is 15.0. The Morgan fingerprint density at radius 3 is 2.70 bits per heavy atom. The van der Waals surface area contributed by atoms with Crippen LogP contribution in [0.4, 0.5) is 4.39 Å². The fourth-order valence-corrected chi connectivity index (χ4v) is 2.30. The van der Waals surface area contributed by atoms with Gasteiger partial charge in [0.2, 0.25) is 0 Å². The van der Waals surface area contributed by atoms with E-state index in [0.29, 0.717) is 5.06 Å².